The van der Waals surface area contributed by atoms with E-state index >= 15 is 0 Å². The van der Waals surface area contributed by atoms with Crippen molar-refractivity contribution in [1.29, 1.82) is 0 Å². The molecule has 39 heavy (non-hydrogen) atoms. The van der Waals surface area contributed by atoms with Gasteiger partial charge in [-0.15, -0.1) is 0 Å². The summed E-state index contributed by atoms with van der Waals surface area (Å²) < 4.78 is 95.0. The molecule has 0 unspecified atom stereocenters. The van der Waals surface area contributed by atoms with Gasteiger partial charge in [-0.3, -0.25) is 9.78 Å². The summed E-state index contributed by atoms with van der Waals surface area (Å²) in [6.07, 6.45) is 0.731. The van der Waals surface area contributed by atoms with E-state index in [4.69, 9.17) is 0 Å². The van der Waals surface area contributed by atoms with Crippen molar-refractivity contribution >= 4 is 15.9 Å². The SMILES string of the molecule is C[C@H]1CC[C@@H](C(=O)NCc2cc(-c3cnc(C(C)(F)F)nc3)ncc2C(F)F)N1S(=O)(=O)c1ccc(F)cc1. The Hall–Kier alpha value is -3.52. The summed E-state index contributed by atoms with van der Waals surface area (Å²) in [7, 11) is -4.15. The van der Waals surface area contributed by atoms with Gasteiger partial charge >= 0.3 is 5.92 Å². The largest absolute Gasteiger partial charge is 0.351 e. The minimum absolute atomic E-state index is 0.00719. The molecule has 0 spiro atoms. The van der Waals surface area contributed by atoms with Gasteiger partial charge in [0.05, 0.1) is 10.6 Å². The number of pyridine rings is 1. The van der Waals surface area contributed by atoms with Crippen molar-refractivity contribution in [2.75, 3.05) is 0 Å². The van der Waals surface area contributed by atoms with Gasteiger partial charge in [-0.25, -0.2) is 31.6 Å². The predicted molar refractivity (Wildman–Crippen MR) is 130 cm³/mol. The van der Waals surface area contributed by atoms with E-state index in [9.17, 15) is 35.2 Å². The van der Waals surface area contributed by atoms with Crippen molar-refractivity contribution in [2.45, 2.75) is 62.6 Å². The second-order valence-corrected chi connectivity index (χ2v) is 11.0. The molecule has 2 aromatic heterocycles. The molecule has 1 aliphatic rings. The zero-order chi connectivity index (χ0) is 28.5. The number of hydrogen-bond donors (Lipinski definition) is 1. The molecule has 2 atom stereocenters. The van der Waals surface area contributed by atoms with E-state index in [-0.39, 0.29) is 34.7 Å². The zero-order valence-corrected chi connectivity index (χ0v) is 21.6. The van der Waals surface area contributed by atoms with E-state index in [1.54, 1.807) is 6.92 Å². The fraction of sp³-hybridized carbons (Fsp3) is 0.360. The van der Waals surface area contributed by atoms with E-state index in [0.29, 0.717) is 13.3 Å². The van der Waals surface area contributed by atoms with E-state index in [0.717, 1.165) is 47.2 Å². The first-order valence-corrected chi connectivity index (χ1v) is 13.3. The monoisotopic (exact) mass is 569 g/mol. The normalized spacial score (nSPS) is 18.5. The number of halogens is 5. The van der Waals surface area contributed by atoms with E-state index < -0.39 is 57.6 Å². The van der Waals surface area contributed by atoms with Crippen LogP contribution in [0.15, 0.2) is 53.8 Å². The third kappa shape index (κ3) is 6.06. The molecule has 4 rings (SSSR count). The van der Waals surface area contributed by atoms with Crippen LogP contribution in [0.2, 0.25) is 0 Å². The van der Waals surface area contributed by atoms with Gasteiger partial charge in [0.15, 0.2) is 5.82 Å². The Balaban J connectivity index is 1.56. The number of nitrogens with zero attached hydrogens (tertiary/aromatic N) is 4. The first-order valence-electron chi connectivity index (χ1n) is 11.8. The fourth-order valence-electron chi connectivity index (χ4n) is 4.34. The maximum atomic E-state index is 13.7. The molecular formula is C25H24F5N5O3S. The molecule has 0 aliphatic carbocycles. The van der Waals surface area contributed by atoms with Crippen LogP contribution in [-0.2, 0) is 27.3 Å². The van der Waals surface area contributed by atoms with Crippen LogP contribution in [0.5, 0.6) is 0 Å². The summed E-state index contributed by atoms with van der Waals surface area (Å²) in [5, 5.41) is 2.53. The molecule has 1 aliphatic heterocycles. The minimum Gasteiger partial charge on any atom is -0.351 e. The molecule has 3 heterocycles. The van der Waals surface area contributed by atoms with E-state index in [2.05, 4.69) is 20.3 Å². The predicted octanol–water partition coefficient (Wildman–Crippen LogP) is 4.59. The van der Waals surface area contributed by atoms with Crippen LogP contribution in [-0.4, -0.2) is 45.7 Å². The highest BCUT2D eigenvalue weighted by atomic mass is 32.2. The third-order valence-corrected chi connectivity index (χ3v) is 8.38. The Morgan fingerprint density at radius 2 is 1.74 bits per heavy atom. The summed E-state index contributed by atoms with van der Waals surface area (Å²) in [6, 6.07) is 3.84. The number of carbonyl (C=O) groups excluding carboxylic acids is 1. The molecule has 14 heteroatoms. The lowest BCUT2D eigenvalue weighted by Gasteiger charge is -2.27. The number of rotatable bonds is 8. The van der Waals surface area contributed by atoms with Crippen molar-refractivity contribution < 1.29 is 35.2 Å². The van der Waals surface area contributed by atoms with Crippen molar-refractivity contribution in [1.82, 2.24) is 24.6 Å². The number of aromatic nitrogens is 3. The summed E-state index contributed by atoms with van der Waals surface area (Å²) in [4.78, 5) is 24.1. The van der Waals surface area contributed by atoms with Crippen LogP contribution >= 0.6 is 0 Å². The topological polar surface area (TPSA) is 105 Å². The van der Waals surface area contributed by atoms with Crippen molar-refractivity contribution in [3.05, 3.63) is 71.7 Å². The third-order valence-electron chi connectivity index (χ3n) is 6.34. The standard InChI is InChI=1S/C25H24F5N5O3S/c1-14-3-8-21(35(14)39(37,38)18-6-4-17(26)5-7-18)23(36)32-10-15-9-20(31-13-19(15)22(27)28)16-11-33-24(34-12-16)25(2,29)30/h4-7,9,11-14,21-22H,3,8,10H2,1-2H3,(H,32,36)/t14-,21-/m0/s1. The van der Waals surface area contributed by atoms with E-state index in [1.165, 1.54) is 6.07 Å². The summed E-state index contributed by atoms with van der Waals surface area (Å²) in [5.74, 6) is -5.29. The molecule has 1 N–H and O–H groups in total. The maximum Gasteiger partial charge on any atom is 0.303 e. The molecule has 1 fully saturated rings. The van der Waals surface area contributed by atoms with Crippen LogP contribution < -0.4 is 5.32 Å². The second kappa shape index (κ2) is 10.9. The van der Waals surface area contributed by atoms with Gasteiger partial charge in [-0.05, 0) is 55.7 Å². The molecule has 1 aromatic carbocycles. The lowest BCUT2D eigenvalue weighted by atomic mass is 10.1. The molecule has 0 saturated carbocycles. The Bertz CT molecular complexity index is 1450. The van der Waals surface area contributed by atoms with Crippen LogP contribution in [0.3, 0.4) is 0 Å². The van der Waals surface area contributed by atoms with E-state index in [1.807, 2.05) is 0 Å². The highest BCUT2D eigenvalue weighted by molar-refractivity contribution is 7.89. The number of sulfonamides is 1. The molecule has 3 aromatic rings. The van der Waals surface area contributed by atoms with Crippen LogP contribution in [0, 0.1) is 5.82 Å². The molecule has 208 valence electrons. The molecule has 0 bridgehead atoms. The Morgan fingerprint density at radius 3 is 2.33 bits per heavy atom. The fourth-order valence-corrected chi connectivity index (χ4v) is 6.18. The van der Waals surface area contributed by atoms with Crippen molar-refractivity contribution in [2.24, 2.45) is 0 Å². The number of carbonyl (C=O) groups is 1. The van der Waals surface area contributed by atoms with Gasteiger partial charge in [-0.2, -0.15) is 13.1 Å². The molecule has 0 radical (unpaired) electrons. The van der Waals surface area contributed by atoms with Crippen LogP contribution in [0.25, 0.3) is 11.3 Å². The average Bonchev–Trinajstić information content (AvgIpc) is 3.29. The van der Waals surface area contributed by atoms with Gasteiger partial charge in [-0.1, -0.05) is 0 Å². The van der Waals surface area contributed by atoms with Crippen LogP contribution in [0.1, 0.15) is 50.1 Å². The highest BCUT2D eigenvalue weighted by Gasteiger charge is 2.43. The van der Waals surface area contributed by atoms with Gasteiger partial charge < -0.3 is 5.32 Å². The molecule has 1 amide bonds. The summed E-state index contributed by atoms with van der Waals surface area (Å²) >= 11 is 0. The number of hydrogen-bond acceptors (Lipinski definition) is 6. The van der Waals surface area contributed by atoms with Crippen molar-refractivity contribution in [3.63, 3.8) is 0 Å². The first-order chi connectivity index (χ1) is 18.3. The number of benzene rings is 1. The zero-order valence-electron chi connectivity index (χ0n) is 20.8. The van der Waals surface area contributed by atoms with Gasteiger partial charge in [0.25, 0.3) is 6.43 Å². The van der Waals surface area contributed by atoms with Gasteiger partial charge in [0.2, 0.25) is 15.9 Å². The molecular weight excluding hydrogens is 545 g/mol. The minimum atomic E-state index is -4.15. The Labute approximate surface area is 221 Å². The number of alkyl halides is 4. The van der Waals surface area contributed by atoms with Crippen LogP contribution in [0.4, 0.5) is 22.0 Å². The summed E-state index contributed by atoms with van der Waals surface area (Å²) in [6.45, 7) is 1.89. The Kier molecular flexibility index (Phi) is 7.98. The molecule has 8 nitrogen and oxygen atoms in total. The molecule has 1 saturated heterocycles. The average molecular weight is 570 g/mol. The number of nitrogens with one attached hydrogen (secondary N) is 1. The highest BCUT2D eigenvalue weighted by Crippen LogP contribution is 2.32. The summed E-state index contributed by atoms with van der Waals surface area (Å²) in [5.41, 5.74) is -0.165. The second-order valence-electron chi connectivity index (χ2n) is 9.20. The number of amides is 1. The Morgan fingerprint density at radius 1 is 1.10 bits per heavy atom. The van der Waals surface area contributed by atoms with Gasteiger partial charge in [0.1, 0.15) is 11.9 Å². The lowest BCUT2D eigenvalue weighted by molar-refractivity contribution is -0.124. The quantitative estimate of drug-likeness (QED) is 0.398. The van der Waals surface area contributed by atoms with Crippen molar-refractivity contribution in [3.8, 4) is 11.3 Å². The lowest BCUT2D eigenvalue weighted by Crippen LogP contribution is -2.48. The maximum absolute atomic E-state index is 13.7. The first kappa shape index (κ1) is 28.5. The smallest absolute Gasteiger partial charge is 0.303 e. The van der Waals surface area contributed by atoms with Gasteiger partial charge in [0, 0.05) is 49.2 Å².